The lowest BCUT2D eigenvalue weighted by atomic mass is 9.95. The molecule has 0 unspecified atom stereocenters. The fourth-order valence-corrected chi connectivity index (χ4v) is 5.28. The van der Waals surface area contributed by atoms with Gasteiger partial charge in [0.1, 0.15) is 5.03 Å². The number of benzene rings is 1. The molecule has 1 aliphatic carbocycles. The second-order valence-corrected chi connectivity index (χ2v) is 8.79. The Kier molecular flexibility index (Phi) is 6.23. The van der Waals surface area contributed by atoms with Crippen molar-refractivity contribution in [3.05, 3.63) is 36.0 Å². The summed E-state index contributed by atoms with van der Waals surface area (Å²) >= 11 is 1.54. The van der Waals surface area contributed by atoms with Crippen LogP contribution in [0.2, 0.25) is 0 Å². The first-order chi connectivity index (χ1) is 14.1. The molecule has 7 heteroatoms. The number of carbonyl (C=O) groups is 2. The van der Waals surface area contributed by atoms with E-state index in [-0.39, 0.29) is 11.8 Å². The molecule has 0 radical (unpaired) electrons. The van der Waals surface area contributed by atoms with Crippen LogP contribution in [0.3, 0.4) is 0 Å². The summed E-state index contributed by atoms with van der Waals surface area (Å²) in [5.41, 5.74) is 2.73. The Labute approximate surface area is 176 Å². The fraction of sp³-hybridized carbons (Fsp3) is 0.500. The summed E-state index contributed by atoms with van der Waals surface area (Å²) in [4.78, 5) is 26.7. The predicted octanol–water partition coefficient (Wildman–Crippen LogP) is 3.85. The van der Waals surface area contributed by atoms with Gasteiger partial charge < -0.3 is 10.2 Å². The number of amides is 2. The van der Waals surface area contributed by atoms with Gasteiger partial charge in [-0.3, -0.25) is 9.59 Å². The average molecular weight is 413 g/mol. The molecule has 1 aromatic carbocycles. The van der Waals surface area contributed by atoms with Crippen molar-refractivity contribution in [2.45, 2.75) is 62.9 Å². The summed E-state index contributed by atoms with van der Waals surface area (Å²) < 4.78 is 1.92. The minimum atomic E-state index is 0.0888. The lowest BCUT2D eigenvalue weighted by Crippen LogP contribution is -2.38. The molecule has 0 atom stereocenters. The molecule has 1 saturated carbocycles. The molecule has 2 aromatic rings. The molecule has 1 fully saturated rings. The zero-order valence-electron chi connectivity index (χ0n) is 16.9. The van der Waals surface area contributed by atoms with E-state index in [0.29, 0.717) is 31.2 Å². The smallest absolute Gasteiger partial charge is 0.237 e. The number of carbonyl (C=O) groups excluding carboxylic acids is 2. The van der Waals surface area contributed by atoms with Crippen molar-refractivity contribution < 1.29 is 9.59 Å². The van der Waals surface area contributed by atoms with Gasteiger partial charge in [-0.2, -0.15) is 5.10 Å². The van der Waals surface area contributed by atoms with Gasteiger partial charge in [0.05, 0.1) is 22.8 Å². The van der Waals surface area contributed by atoms with E-state index in [1.165, 1.54) is 31.0 Å². The third kappa shape index (κ3) is 4.50. The highest BCUT2D eigenvalue weighted by atomic mass is 32.2. The summed E-state index contributed by atoms with van der Waals surface area (Å²) in [5.74, 6) is 0.595. The Hall–Kier alpha value is -2.28. The first-order valence-electron chi connectivity index (χ1n) is 10.5. The van der Waals surface area contributed by atoms with E-state index in [1.807, 2.05) is 46.8 Å². The van der Waals surface area contributed by atoms with Crippen LogP contribution in [0.25, 0.3) is 5.69 Å². The number of aromatic nitrogens is 2. The van der Waals surface area contributed by atoms with Crippen LogP contribution in [0.1, 0.15) is 50.6 Å². The van der Waals surface area contributed by atoms with Crippen LogP contribution in [0.5, 0.6) is 0 Å². The highest BCUT2D eigenvalue weighted by Gasteiger charge is 2.31. The summed E-state index contributed by atoms with van der Waals surface area (Å²) in [5, 5.41) is 8.85. The van der Waals surface area contributed by atoms with E-state index in [1.54, 1.807) is 0 Å². The molecular weight excluding hydrogens is 384 g/mol. The lowest BCUT2D eigenvalue weighted by Gasteiger charge is -2.27. The van der Waals surface area contributed by atoms with Crippen molar-refractivity contribution in [2.75, 3.05) is 17.2 Å². The first kappa shape index (κ1) is 20.0. The molecule has 1 N–H and O–H groups in total. The quantitative estimate of drug-likeness (QED) is 0.783. The van der Waals surface area contributed by atoms with Crippen molar-refractivity contribution in [1.82, 2.24) is 15.1 Å². The summed E-state index contributed by atoms with van der Waals surface area (Å²) in [6, 6.07) is 10.3. The van der Waals surface area contributed by atoms with Crippen molar-refractivity contribution in [1.29, 1.82) is 0 Å². The van der Waals surface area contributed by atoms with Gasteiger partial charge in [-0.05, 0) is 38.3 Å². The number of anilines is 1. The average Bonchev–Trinajstić information content (AvgIpc) is 3.08. The first-order valence-corrected chi connectivity index (χ1v) is 11.5. The minimum absolute atomic E-state index is 0.0888. The van der Waals surface area contributed by atoms with Gasteiger partial charge >= 0.3 is 0 Å². The number of para-hydroxylation sites is 1. The molecular formula is C22H28N4O2S. The highest BCUT2D eigenvalue weighted by Crippen LogP contribution is 2.39. The lowest BCUT2D eigenvalue weighted by molar-refractivity contribution is -0.122. The Morgan fingerprint density at radius 2 is 1.97 bits per heavy atom. The third-order valence-corrected chi connectivity index (χ3v) is 6.68. The van der Waals surface area contributed by atoms with Crippen molar-refractivity contribution in [3.63, 3.8) is 0 Å². The Bertz CT molecular complexity index is 874. The van der Waals surface area contributed by atoms with Gasteiger partial charge in [0.25, 0.3) is 0 Å². The maximum atomic E-state index is 12.6. The number of hydrogen-bond acceptors (Lipinski definition) is 4. The number of rotatable bonds is 6. The molecule has 29 heavy (non-hydrogen) atoms. The highest BCUT2D eigenvalue weighted by molar-refractivity contribution is 8.00. The number of nitrogens with zero attached hydrogens (tertiary/aromatic N) is 3. The number of fused-ring (bicyclic) bond motifs is 1. The molecule has 1 aliphatic heterocycles. The molecule has 154 valence electrons. The maximum absolute atomic E-state index is 12.6. The topological polar surface area (TPSA) is 67.2 Å². The van der Waals surface area contributed by atoms with Crippen LogP contribution in [0.15, 0.2) is 35.4 Å². The van der Waals surface area contributed by atoms with Gasteiger partial charge in [-0.25, -0.2) is 4.68 Å². The minimum Gasteiger partial charge on any atom is -0.353 e. The molecule has 2 amide bonds. The zero-order chi connectivity index (χ0) is 20.2. The van der Waals surface area contributed by atoms with Crippen LogP contribution in [0.4, 0.5) is 5.69 Å². The van der Waals surface area contributed by atoms with Crippen molar-refractivity contribution in [3.8, 4) is 5.69 Å². The Morgan fingerprint density at radius 3 is 2.72 bits per heavy atom. The number of nitrogens with one attached hydrogen (secondary N) is 1. The molecule has 2 aliphatic rings. The standard InChI is InChI=1S/C22H28N4O2S/c1-16-21-22(26(24-16)18-11-6-3-7-12-18)29-15-20(28)25(21)14-8-13-19(27)23-17-9-4-2-5-10-17/h3,6-7,11-12,17H,2,4-5,8-10,13-15H2,1H3,(H,23,27). The van der Waals surface area contributed by atoms with Crippen LogP contribution >= 0.6 is 11.8 Å². The molecule has 1 aromatic heterocycles. The molecule has 6 nitrogen and oxygen atoms in total. The second-order valence-electron chi connectivity index (χ2n) is 7.83. The molecule has 2 heterocycles. The monoisotopic (exact) mass is 412 g/mol. The van der Waals surface area contributed by atoms with Crippen LogP contribution < -0.4 is 10.2 Å². The molecule has 0 spiro atoms. The number of hydrogen-bond donors (Lipinski definition) is 1. The van der Waals surface area contributed by atoms with Crippen molar-refractivity contribution >= 4 is 29.3 Å². The van der Waals surface area contributed by atoms with Gasteiger partial charge in [0.2, 0.25) is 11.8 Å². The van der Waals surface area contributed by atoms with Crippen LogP contribution in [0, 0.1) is 6.92 Å². The van der Waals surface area contributed by atoms with Crippen molar-refractivity contribution in [2.24, 2.45) is 0 Å². The molecule has 0 saturated heterocycles. The van der Waals surface area contributed by atoms with E-state index in [9.17, 15) is 9.59 Å². The van der Waals surface area contributed by atoms with Gasteiger partial charge in [-0.1, -0.05) is 49.2 Å². The third-order valence-electron chi connectivity index (χ3n) is 5.65. The predicted molar refractivity (Wildman–Crippen MR) is 116 cm³/mol. The second kappa shape index (κ2) is 9.03. The Morgan fingerprint density at radius 1 is 1.21 bits per heavy atom. The van der Waals surface area contributed by atoms with E-state index >= 15 is 0 Å². The number of thioether (sulfide) groups is 1. The van der Waals surface area contributed by atoms with Crippen LogP contribution in [-0.4, -0.2) is 39.9 Å². The van der Waals surface area contributed by atoms with E-state index in [0.717, 1.165) is 34.9 Å². The van der Waals surface area contributed by atoms with Crippen LogP contribution in [-0.2, 0) is 9.59 Å². The van der Waals surface area contributed by atoms with Gasteiger partial charge in [0.15, 0.2) is 0 Å². The molecule has 0 bridgehead atoms. The summed E-state index contributed by atoms with van der Waals surface area (Å²) in [6.45, 7) is 2.49. The fourth-order valence-electron chi connectivity index (χ4n) is 4.20. The number of aryl methyl sites for hydroxylation is 1. The van der Waals surface area contributed by atoms with E-state index < -0.39 is 0 Å². The van der Waals surface area contributed by atoms with Gasteiger partial charge in [0, 0.05) is 19.0 Å². The Balaban J connectivity index is 1.42. The van der Waals surface area contributed by atoms with E-state index in [2.05, 4.69) is 5.32 Å². The largest absolute Gasteiger partial charge is 0.353 e. The van der Waals surface area contributed by atoms with Gasteiger partial charge in [-0.15, -0.1) is 0 Å². The zero-order valence-corrected chi connectivity index (χ0v) is 17.7. The SMILES string of the molecule is Cc1nn(-c2ccccc2)c2c1N(CCCC(=O)NC1CCCCC1)C(=O)CS2. The summed E-state index contributed by atoms with van der Waals surface area (Å²) in [6.07, 6.45) is 6.99. The van der Waals surface area contributed by atoms with E-state index in [4.69, 9.17) is 5.10 Å². The summed E-state index contributed by atoms with van der Waals surface area (Å²) in [7, 11) is 0. The molecule has 4 rings (SSSR count). The normalized spacial score (nSPS) is 17.3. The maximum Gasteiger partial charge on any atom is 0.237 e.